The summed E-state index contributed by atoms with van der Waals surface area (Å²) in [7, 11) is 0. The van der Waals surface area contributed by atoms with Crippen LogP contribution in [0.1, 0.15) is 36.5 Å². The van der Waals surface area contributed by atoms with Crippen molar-refractivity contribution >= 4 is 11.6 Å². The first kappa shape index (κ1) is 11.7. The minimum Gasteiger partial charge on any atom is -0.374 e. The summed E-state index contributed by atoms with van der Waals surface area (Å²) in [6, 6.07) is 4.09. The summed E-state index contributed by atoms with van der Waals surface area (Å²) in [6.07, 6.45) is 5.55. The van der Waals surface area contributed by atoms with E-state index in [9.17, 15) is 4.79 Å². The number of nitrogens with zero attached hydrogens (tertiary/aromatic N) is 2. The highest BCUT2D eigenvalue weighted by Crippen LogP contribution is 2.33. The largest absolute Gasteiger partial charge is 0.374 e. The Morgan fingerprint density at radius 1 is 1.50 bits per heavy atom. The van der Waals surface area contributed by atoms with Crippen LogP contribution < -0.4 is 4.90 Å². The molecule has 4 heteroatoms. The number of anilines is 1. The van der Waals surface area contributed by atoms with Gasteiger partial charge >= 0.3 is 0 Å². The number of aromatic nitrogens is 1. The molecule has 0 N–H and O–H groups in total. The van der Waals surface area contributed by atoms with Gasteiger partial charge in [-0.05, 0) is 38.3 Å². The zero-order chi connectivity index (χ0) is 12.5. The maximum atomic E-state index is 11.7. The van der Waals surface area contributed by atoms with Gasteiger partial charge in [0.15, 0.2) is 5.78 Å². The Hall–Kier alpha value is -1.42. The van der Waals surface area contributed by atoms with Gasteiger partial charge in [0.05, 0.1) is 24.3 Å². The lowest BCUT2D eigenvalue weighted by molar-refractivity contribution is 0.0252. The van der Waals surface area contributed by atoms with Crippen molar-refractivity contribution in [2.75, 3.05) is 18.1 Å². The highest BCUT2D eigenvalue weighted by Gasteiger charge is 2.37. The maximum Gasteiger partial charge on any atom is 0.163 e. The number of hydrogen-bond acceptors (Lipinski definition) is 4. The van der Waals surface area contributed by atoms with E-state index in [2.05, 4.69) is 9.88 Å². The topological polar surface area (TPSA) is 42.4 Å². The van der Waals surface area contributed by atoms with Crippen LogP contribution in [0.4, 0.5) is 5.82 Å². The quantitative estimate of drug-likeness (QED) is 0.749. The predicted molar refractivity (Wildman–Crippen MR) is 69.0 cm³/mol. The molecule has 96 valence electrons. The summed E-state index contributed by atoms with van der Waals surface area (Å²) in [6.45, 7) is 3.17. The van der Waals surface area contributed by atoms with E-state index >= 15 is 0 Å². The van der Waals surface area contributed by atoms with Crippen molar-refractivity contribution < 1.29 is 9.53 Å². The Bertz CT molecular complexity index is 461. The highest BCUT2D eigenvalue weighted by atomic mass is 16.5. The van der Waals surface area contributed by atoms with E-state index in [0.717, 1.165) is 37.4 Å². The van der Waals surface area contributed by atoms with E-state index in [-0.39, 0.29) is 5.78 Å². The third-order valence-electron chi connectivity index (χ3n) is 3.92. The first-order valence-electron chi connectivity index (χ1n) is 6.61. The molecule has 2 unspecified atom stereocenters. The third-order valence-corrected chi connectivity index (χ3v) is 3.92. The molecule has 2 heterocycles. The molecule has 1 saturated heterocycles. The van der Waals surface area contributed by atoms with Crippen molar-refractivity contribution in [1.82, 2.24) is 4.98 Å². The summed E-state index contributed by atoms with van der Waals surface area (Å²) in [5.41, 5.74) is 0.727. The predicted octanol–water partition coefficient (Wildman–Crippen LogP) is 2.04. The van der Waals surface area contributed by atoms with Crippen LogP contribution in [0.5, 0.6) is 0 Å². The van der Waals surface area contributed by atoms with E-state index in [1.807, 2.05) is 12.1 Å². The average Bonchev–Trinajstić information content (AvgIpc) is 2.86. The molecule has 2 fully saturated rings. The van der Waals surface area contributed by atoms with Crippen LogP contribution in [0, 0.1) is 0 Å². The number of carbonyl (C=O) groups is 1. The van der Waals surface area contributed by atoms with E-state index in [1.165, 1.54) is 6.42 Å². The van der Waals surface area contributed by atoms with Gasteiger partial charge in [0, 0.05) is 12.7 Å². The van der Waals surface area contributed by atoms with Gasteiger partial charge in [-0.15, -0.1) is 0 Å². The zero-order valence-corrected chi connectivity index (χ0v) is 10.6. The van der Waals surface area contributed by atoms with Gasteiger partial charge in [0.2, 0.25) is 0 Å². The summed E-state index contributed by atoms with van der Waals surface area (Å²) in [5, 5.41) is 0. The number of fused-ring (bicyclic) bond motifs is 1. The van der Waals surface area contributed by atoms with Gasteiger partial charge in [-0.25, -0.2) is 4.98 Å². The number of ether oxygens (including phenoxy) is 1. The van der Waals surface area contributed by atoms with Crippen LogP contribution in [-0.4, -0.2) is 36.1 Å². The lowest BCUT2D eigenvalue weighted by atomic mass is 10.1. The van der Waals surface area contributed by atoms with Gasteiger partial charge in [-0.3, -0.25) is 4.79 Å². The fraction of sp³-hybridized carbons (Fsp3) is 0.571. The SMILES string of the molecule is CC(=O)c1cccnc1N1CCOC2CCCC21. The number of pyridine rings is 1. The molecule has 0 radical (unpaired) electrons. The Morgan fingerprint density at radius 2 is 2.39 bits per heavy atom. The molecule has 4 nitrogen and oxygen atoms in total. The lowest BCUT2D eigenvalue weighted by Gasteiger charge is -2.39. The molecule has 2 atom stereocenters. The van der Waals surface area contributed by atoms with Crippen LogP contribution in [0.2, 0.25) is 0 Å². The fourth-order valence-corrected chi connectivity index (χ4v) is 3.09. The summed E-state index contributed by atoms with van der Waals surface area (Å²) >= 11 is 0. The highest BCUT2D eigenvalue weighted by molar-refractivity contribution is 5.98. The summed E-state index contributed by atoms with van der Waals surface area (Å²) in [5.74, 6) is 0.921. The van der Waals surface area contributed by atoms with Crippen molar-refractivity contribution in [1.29, 1.82) is 0 Å². The Labute approximate surface area is 107 Å². The molecule has 0 bridgehead atoms. The van der Waals surface area contributed by atoms with Gasteiger partial charge in [-0.2, -0.15) is 0 Å². The Balaban J connectivity index is 1.96. The van der Waals surface area contributed by atoms with Crippen LogP contribution in [0.3, 0.4) is 0 Å². The first-order chi connectivity index (χ1) is 8.77. The maximum absolute atomic E-state index is 11.7. The number of Topliss-reactive ketones (excluding diaryl/α,β-unsaturated/α-hetero) is 1. The van der Waals surface area contributed by atoms with Crippen LogP contribution >= 0.6 is 0 Å². The molecule has 3 rings (SSSR count). The Morgan fingerprint density at radius 3 is 3.22 bits per heavy atom. The third kappa shape index (κ3) is 1.90. The molecule has 1 aromatic rings. The molecule has 18 heavy (non-hydrogen) atoms. The first-order valence-corrected chi connectivity index (χ1v) is 6.61. The molecule has 1 aliphatic carbocycles. The van der Waals surface area contributed by atoms with Gasteiger partial charge in [0.25, 0.3) is 0 Å². The zero-order valence-electron chi connectivity index (χ0n) is 10.6. The van der Waals surface area contributed by atoms with Crippen LogP contribution in [-0.2, 0) is 4.74 Å². The number of carbonyl (C=O) groups excluding carboxylic acids is 1. The van der Waals surface area contributed by atoms with E-state index in [4.69, 9.17) is 4.74 Å². The number of rotatable bonds is 2. The minimum absolute atomic E-state index is 0.0825. The standard InChI is InChI=1S/C14H18N2O2/c1-10(17)11-4-3-7-15-14(11)16-8-9-18-13-6-2-5-12(13)16/h3-4,7,12-13H,2,5-6,8-9H2,1H3. The van der Waals surface area contributed by atoms with E-state index in [1.54, 1.807) is 13.1 Å². The van der Waals surface area contributed by atoms with Crippen LogP contribution in [0.15, 0.2) is 18.3 Å². The Kier molecular flexibility index (Phi) is 3.04. The molecule has 0 amide bonds. The van der Waals surface area contributed by atoms with Crippen molar-refractivity contribution in [2.45, 2.75) is 38.3 Å². The molecular weight excluding hydrogens is 228 g/mol. The number of ketones is 1. The smallest absolute Gasteiger partial charge is 0.163 e. The fourth-order valence-electron chi connectivity index (χ4n) is 3.09. The summed E-state index contributed by atoms with van der Waals surface area (Å²) < 4.78 is 5.80. The van der Waals surface area contributed by atoms with Crippen molar-refractivity contribution in [3.8, 4) is 0 Å². The van der Waals surface area contributed by atoms with Gasteiger partial charge in [-0.1, -0.05) is 0 Å². The number of morpholine rings is 1. The van der Waals surface area contributed by atoms with Crippen molar-refractivity contribution in [3.05, 3.63) is 23.9 Å². The van der Waals surface area contributed by atoms with Gasteiger partial charge in [0.1, 0.15) is 5.82 Å². The van der Waals surface area contributed by atoms with E-state index < -0.39 is 0 Å². The molecule has 1 aromatic heterocycles. The van der Waals surface area contributed by atoms with Crippen molar-refractivity contribution in [2.24, 2.45) is 0 Å². The normalized spacial score (nSPS) is 27.1. The minimum atomic E-state index is 0.0825. The average molecular weight is 246 g/mol. The number of hydrogen-bond donors (Lipinski definition) is 0. The second-order valence-electron chi connectivity index (χ2n) is 5.03. The van der Waals surface area contributed by atoms with Crippen LogP contribution in [0.25, 0.3) is 0 Å². The molecule has 2 aliphatic rings. The molecule has 0 spiro atoms. The second kappa shape index (κ2) is 4.69. The second-order valence-corrected chi connectivity index (χ2v) is 5.03. The molecule has 0 aromatic carbocycles. The molecule has 1 aliphatic heterocycles. The monoisotopic (exact) mass is 246 g/mol. The molecule has 1 saturated carbocycles. The van der Waals surface area contributed by atoms with Crippen molar-refractivity contribution in [3.63, 3.8) is 0 Å². The van der Waals surface area contributed by atoms with Gasteiger partial charge < -0.3 is 9.64 Å². The lowest BCUT2D eigenvalue weighted by Crippen LogP contribution is -2.49. The van der Waals surface area contributed by atoms with E-state index in [0.29, 0.717) is 12.1 Å². The molecular formula is C14H18N2O2. The summed E-state index contributed by atoms with van der Waals surface area (Å²) in [4.78, 5) is 18.4.